The first-order valence-corrected chi connectivity index (χ1v) is 5.28. The highest BCUT2D eigenvalue weighted by Gasteiger charge is 2.26. The molecule has 0 aromatic carbocycles. The topological polar surface area (TPSA) is 44.8 Å². The maximum absolute atomic E-state index is 4.52. The van der Waals surface area contributed by atoms with E-state index in [1.54, 1.807) is 0 Å². The Balaban J connectivity index is 2.09. The fourth-order valence-electron chi connectivity index (χ4n) is 1.70. The molecule has 2 aromatic heterocycles. The molecule has 0 bridgehead atoms. The molecule has 4 heteroatoms. The quantitative estimate of drug-likeness (QED) is 0.809. The van der Waals surface area contributed by atoms with Gasteiger partial charge in [-0.25, -0.2) is 9.97 Å². The second-order valence-electron chi connectivity index (χ2n) is 4.33. The zero-order valence-electron chi connectivity index (χ0n) is 8.99. The van der Waals surface area contributed by atoms with Crippen LogP contribution in [0.15, 0.2) is 12.1 Å². The Morgan fingerprint density at radius 3 is 2.73 bits per heavy atom. The van der Waals surface area contributed by atoms with Crippen LogP contribution in [-0.4, -0.2) is 29.0 Å². The van der Waals surface area contributed by atoms with Gasteiger partial charge < -0.3 is 9.88 Å². The average molecular weight is 202 g/mol. The smallest absolute Gasteiger partial charge is 0.179 e. The predicted octanol–water partition coefficient (Wildman–Crippen LogP) is 1.90. The SMILES string of the molecule is CN(C)c1ccc2[nH]c(C3CC3)nc2n1. The van der Waals surface area contributed by atoms with Crippen molar-refractivity contribution in [1.29, 1.82) is 0 Å². The lowest BCUT2D eigenvalue weighted by Crippen LogP contribution is -2.10. The Labute approximate surface area is 88.3 Å². The molecule has 1 saturated carbocycles. The van der Waals surface area contributed by atoms with Crippen molar-refractivity contribution >= 4 is 17.0 Å². The van der Waals surface area contributed by atoms with E-state index in [0.29, 0.717) is 5.92 Å². The van der Waals surface area contributed by atoms with Crippen LogP contribution in [0.1, 0.15) is 24.6 Å². The van der Waals surface area contributed by atoms with Crippen molar-refractivity contribution in [3.05, 3.63) is 18.0 Å². The van der Waals surface area contributed by atoms with Crippen molar-refractivity contribution in [2.45, 2.75) is 18.8 Å². The number of fused-ring (bicyclic) bond motifs is 1. The molecule has 3 rings (SSSR count). The molecule has 1 aliphatic rings. The maximum atomic E-state index is 4.52. The first-order chi connectivity index (χ1) is 7.24. The van der Waals surface area contributed by atoms with E-state index in [-0.39, 0.29) is 0 Å². The van der Waals surface area contributed by atoms with Crippen LogP contribution in [0.2, 0.25) is 0 Å². The van der Waals surface area contributed by atoms with Crippen LogP contribution in [0.5, 0.6) is 0 Å². The number of nitrogens with zero attached hydrogens (tertiary/aromatic N) is 3. The molecule has 0 unspecified atom stereocenters. The summed E-state index contributed by atoms with van der Waals surface area (Å²) in [5, 5.41) is 0. The minimum atomic E-state index is 0.655. The first-order valence-electron chi connectivity index (χ1n) is 5.28. The van der Waals surface area contributed by atoms with Crippen molar-refractivity contribution in [2.24, 2.45) is 0 Å². The molecule has 0 saturated heterocycles. The number of anilines is 1. The van der Waals surface area contributed by atoms with Gasteiger partial charge in [0, 0.05) is 20.0 Å². The number of aromatic amines is 1. The Morgan fingerprint density at radius 1 is 1.27 bits per heavy atom. The van der Waals surface area contributed by atoms with E-state index >= 15 is 0 Å². The molecule has 0 radical (unpaired) electrons. The van der Waals surface area contributed by atoms with Gasteiger partial charge in [0.1, 0.15) is 11.6 Å². The summed E-state index contributed by atoms with van der Waals surface area (Å²) in [6.07, 6.45) is 2.53. The summed E-state index contributed by atoms with van der Waals surface area (Å²) in [6, 6.07) is 4.06. The lowest BCUT2D eigenvalue weighted by molar-refractivity contribution is 0.982. The molecule has 0 aliphatic heterocycles. The highest BCUT2D eigenvalue weighted by molar-refractivity contribution is 5.73. The van der Waals surface area contributed by atoms with Crippen molar-refractivity contribution in [2.75, 3.05) is 19.0 Å². The third kappa shape index (κ3) is 1.46. The Hall–Kier alpha value is -1.58. The van der Waals surface area contributed by atoms with Gasteiger partial charge in [-0.05, 0) is 25.0 Å². The van der Waals surface area contributed by atoms with Gasteiger partial charge in [0.2, 0.25) is 0 Å². The van der Waals surface area contributed by atoms with Crippen LogP contribution in [0.3, 0.4) is 0 Å². The van der Waals surface area contributed by atoms with Gasteiger partial charge in [0.15, 0.2) is 5.65 Å². The molecule has 15 heavy (non-hydrogen) atoms. The molecule has 1 aliphatic carbocycles. The molecule has 2 heterocycles. The minimum Gasteiger partial charge on any atom is -0.363 e. The van der Waals surface area contributed by atoms with Crippen molar-refractivity contribution in [1.82, 2.24) is 15.0 Å². The van der Waals surface area contributed by atoms with Crippen molar-refractivity contribution in [3.8, 4) is 0 Å². The molecule has 0 amide bonds. The fourth-order valence-corrected chi connectivity index (χ4v) is 1.70. The van der Waals surface area contributed by atoms with Crippen LogP contribution in [0, 0.1) is 0 Å². The molecule has 0 atom stereocenters. The lowest BCUT2D eigenvalue weighted by Gasteiger charge is -2.09. The largest absolute Gasteiger partial charge is 0.363 e. The summed E-state index contributed by atoms with van der Waals surface area (Å²) >= 11 is 0. The second-order valence-corrected chi connectivity index (χ2v) is 4.33. The van der Waals surface area contributed by atoms with E-state index in [9.17, 15) is 0 Å². The van der Waals surface area contributed by atoms with Gasteiger partial charge in [-0.2, -0.15) is 0 Å². The van der Waals surface area contributed by atoms with Crippen molar-refractivity contribution in [3.63, 3.8) is 0 Å². The molecule has 0 spiro atoms. The molecular weight excluding hydrogens is 188 g/mol. The van der Waals surface area contributed by atoms with Crippen molar-refractivity contribution < 1.29 is 0 Å². The number of nitrogens with one attached hydrogen (secondary N) is 1. The molecule has 1 fully saturated rings. The molecule has 4 nitrogen and oxygen atoms in total. The predicted molar refractivity (Wildman–Crippen MR) is 60.2 cm³/mol. The third-order valence-corrected chi connectivity index (χ3v) is 2.77. The molecule has 2 aromatic rings. The number of rotatable bonds is 2. The normalized spacial score (nSPS) is 15.9. The van der Waals surface area contributed by atoms with E-state index < -0.39 is 0 Å². The van der Waals surface area contributed by atoms with Gasteiger partial charge in [0.05, 0.1) is 5.52 Å². The summed E-state index contributed by atoms with van der Waals surface area (Å²) in [5.74, 6) is 2.71. The Bertz CT molecular complexity index is 496. The van der Waals surface area contributed by atoms with Gasteiger partial charge in [0.25, 0.3) is 0 Å². The van der Waals surface area contributed by atoms with E-state index in [0.717, 1.165) is 22.8 Å². The van der Waals surface area contributed by atoms with Crippen LogP contribution in [0.4, 0.5) is 5.82 Å². The van der Waals surface area contributed by atoms with Gasteiger partial charge in [-0.15, -0.1) is 0 Å². The van der Waals surface area contributed by atoms with Crippen LogP contribution in [0.25, 0.3) is 11.2 Å². The summed E-state index contributed by atoms with van der Waals surface area (Å²) < 4.78 is 0. The zero-order valence-corrected chi connectivity index (χ0v) is 8.99. The van der Waals surface area contributed by atoms with Crippen LogP contribution in [-0.2, 0) is 0 Å². The van der Waals surface area contributed by atoms with Crippen LogP contribution < -0.4 is 4.90 Å². The monoisotopic (exact) mass is 202 g/mol. The summed E-state index contributed by atoms with van der Waals surface area (Å²) in [7, 11) is 3.98. The van der Waals surface area contributed by atoms with Crippen LogP contribution >= 0.6 is 0 Å². The van der Waals surface area contributed by atoms with Gasteiger partial charge >= 0.3 is 0 Å². The van der Waals surface area contributed by atoms with E-state index in [1.807, 2.05) is 25.1 Å². The number of pyridine rings is 1. The highest BCUT2D eigenvalue weighted by atomic mass is 15.1. The van der Waals surface area contributed by atoms with E-state index in [2.05, 4.69) is 21.0 Å². The number of imidazole rings is 1. The number of hydrogen-bond donors (Lipinski definition) is 1. The fraction of sp³-hybridized carbons (Fsp3) is 0.455. The summed E-state index contributed by atoms with van der Waals surface area (Å²) in [5.41, 5.74) is 1.88. The third-order valence-electron chi connectivity index (χ3n) is 2.77. The average Bonchev–Trinajstić information content (AvgIpc) is 2.97. The van der Waals surface area contributed by atoms with Gasteiger partial charge in [-0.3, -0.25) is 0 Å². The highest BCUT2D eigenvalue weighted by Crippen LogP contribution is 2.38. The number of H-pyrrole nitrogens is 1. The second kappa shape index (κ2) is 2.95. The lowest BCUT2D eigenvalue weighted by atomic mass is 10.4. The summed E-state index contributed by atoms with van der Waals surface area (Å²) in [6.45, 7) is 0. The Kier molecular flexibility index (Phi) is 1.71. The number of aromatic nitrogens is 3. The van der Waals surface area contributed by atoms with E-state index in [1.165, 1.54) is 12.8 Å². The molecule has 78 valence electrons. The number of hydrogen-bond acceptors (Lipinski definition) is 3. The first kappa shape index (κ1) is 8.71. The molecule has 1 N–H and O–H groups in total. The van der Waals surface area contributed by atoms with Gasteiger partial charge in [-0.1, -0.05) is 0 Å². The minimum absolute atomic E-state index is 0.655. The Morgan fingerprint density at radius 2 is 2.07 bits per heavy atom. The standard InChI is InChI=1S/C11H14N4/c1-15(2)9-6-5-8-11(13-9)14-10(12-8)7-3-4-7/h5-7H,3-4H2,1-2H3,(H,12,13,14). The molecular formula is C11H14N4. The zero-order chi connectivity index (χ0) is 10.4. The van der Waals surface area contributed by atoms with E-state index in [4.69, 9.17) is 0 Å². The maximum Gasteiger partial charge on any atom is 0.179 e. The summed E-state index contributed by atoms with van der Waals surface area (Å²) in [4.78, 5) is 14.3.